The maximum absolute atomic E-state index is 4.87. The van der Waals surface area contributed by atoms with Crippen molar-refractivity contribution in [2.24, 2.45) is 0 Å². The smallest absolute Gasteiger partial charge is 0.191 e. The van der Waals surface area contributed by atoms with Crippen molar-refractivity contribution in [3.05, 3.63) is 90.0 Å². The largest absolute Gasteiger partial charge is 0.222 e. The number of para-hydroxylation sites is 1. The van der Waals surface area contributed by atoms with Crippen LogP contribution >= 0.6 is 11.8 Å². The number of thioether (sulfide) groups is 1. The van der Waals surface area contributed by atoms with E-state index in [4.69, 9.17) is 15.1 Å². The third kappa shape index (κ3) is 3.14. The Kier molecular flexibility index (Phi) is 4.29. The molecule has 0 aliphatic heterocycles. The van der Waals surface area contributed by atoms with Gasteiger partial charge in [-0.15, -0.1) is 5.10 Å². The number of nitrogens with zero attached hydrogens (tertiary/aromatic N) is 4. The first-order valence-electron chi connectivity index (χ1n) is 9.17. The number of rotatable bonds is 4. The van der Waals surface area contributed by atoms with Crippen LogP contribution in [-0.2, 0) is 5.75 Å². The van der Waals surface area contributed by atoms with Gasteiger partial charge in [-0.3, -0.25) is 0 Å². The van der Waals surface area contributed by atoms with Crippen LogP contribution in [0.3, 0.4) is 0 Å². The molecule has 0 saturated heterocycles. The molecule has 0 aliphatic rings. The second-order valence-electron chi connectivity index (χ2n) is 6.73. The lowest BCUT2D eigenvalue weighted by Gasteiger charge is -2.06. The molecule has 2 aromatic heterocycles. The second kappa shape index (κ2) is 7.09. The summed E-state index contributed by atoms with van der Waals surface area (Å²) in [6, 6.07) is 26.7. The summed E-state index contributed by atoms with van der Waals surface area (Å²) < 4.78 is 1.88. The van der Waals surface area contributed by atoms with Gasteiger partial charge in [0.2, 0.25) is 0 Å². The highest BCUT2D eigenvalue weighted by atomic mass is 32.2. The van der Waals surface area contributed by atoms with E-state index in [1.165, 1.54) is 11.1 Å². The number of hydrogen-bond acceptors (Lipinski definition) is 4. The molecule has 136 valence electrons. The Hall–Kier alpha value is -3.18. The molecule has 0 aliphatic carbocycles. The van der Waals surface area contributed by atoms with Crippen LogP contribution in [-0.4, -0.2) is 19.6 Å². The Morgan fingerprint density at radius 1 is 0.857 bits per heavy atom. The van der Waals surface area contributed by atoms with Gasteiger partial charge in [0.25, 0.3) is 0 Å². The van der Waals surface area contributed by atoms with Crippen molar-refractivity contribution >= 4 is 28.3 Å². The van der Waals surface area contributed by atoms with Gasteiger partial charge in [-0.05, 0) is 24.6 Å². The zero-order valence-electron chi connectivity index (χ0n) is 15.4. The van der Waals surface area contributed by atoms with Crippen molar-refractivity contribution < 1.29 is 0 Å². The van der Waals surface area contributed by atoms with E-state index in [1.807, 2.05) is 53.0 Å². The zero-order chi connectivity index (χ0) is 18.9. The Bertz CT molecular complexity index is 1280. The van der Waals surface area contributed by atoms with Crippen molar-refractivity contribution in [2.75, 3.05) is 0 Å². The first kappa shape index (κ1) is 17.0. The monoisotopic (exact) mass is 382 g/mol. The summed E-state index contributed by atoms with van der Waals surface area (Å²) in [6.45, 7) is 2.12. The number of aromatic nitrogens is 4. The van der Waals surface area contributed by atoms with Gasteiger partial charge >= 0.3 is 0 Å². The Balaban J connectivity index is 1.63. The number of aryl methyl sites for hydroxylation is 1. The number of fused-ring (bicyclic) bond motifs is 3. The molecule has 28 heavy (non-hydrogen) atoms. The molecular formula is C23H18N4S. The molecular weight excluding hydrogens is 364 g/mol. The van der Waals surface area contributed by atoms with Crippen LogP contribution in [0.25, 0.3) is 27.9 Å². The molecule has 0 unspecified atom stereocenters. The lowest BCUT2D eigenvalue weighted by Crippen LogP contribution is -1.98. The molecule has 3 aromatic carbocycles. The van der Waals surface area contributed by atoms with E-state index in [0.29, 0.717) is 0 Å². The number of benzene rings is 3. The average Bonchev–Trinajstić information content (AvgIpc) is 3.19. The predicted octanol–water partition coefficient (Wildman–Crippen LogP) is 5.55. The molecule has 0 spiro atoms. The van der Waals surface area contributed by atoms with E-state index in [9.17, 15) is 0 Å². The maximum Gasteiger partial charge on any atom is 0.191 e. The van der Waals surface area contributed by atoms with E-state index in [1.54, 1.807) is 11.8 Å². The molecule has 0 bridgehead atoms. The van der Waals surface area contributed by atoms with E-state index in [2.05, 4.69) is 37.3 Å². The molecule has 0 saturated carbocycles. The first-order valence-corrected chi connectivity index (χ1v) is 10.2. The minimum absolute atomic E-state index is 0.719. The first-order chi connectivity index (χ1) is 13.8. The molecule has 0 radical (unpaired) electrons. The summed E-state index contributed by atoms with van der Waals surface area (Å²) in [7, 11) is 0. The fraction of sp³-hybridized carbons (Fsp3) is 0.0870. The van der Waals surface area contributed by atoms with Crippen molar-refractivity contribution in [2.45, 2.75) is 17.8 Å². The Morgan fingerprint density at radius 2 is 1.68 bits per heavy atom. The van der Waals surface area contributed by atoms with Crippen molar-refractivity contribution in [1.82, 2.24) is 19.6 Å². The highest BCUT2D eigenvalue weighted by Crippen LogP contribution is 2.28. The maximum atomic E-state index is 4.87. The normalized spacial score (nSPS) is 11.3. The van der Waals surface area contributed by atoms with Crippen LogP contribution in [0.1, 0.15) is 11.1 Å². The zero-order valence-corrected chi connectivity index (χ0v) is 16.2. The fourth-order valence-corrected chi connectivity index (χ4v) is 4.17. The molecule has 4 nitrogen and oxygen atoms in total. The van der Waals surface area contributed by atoms with E-state index in [0.717, 1.165) is 38.8 Å². The van der Waals surface area contributed by atoms with Crippen molar-refractivity contribution in [1.29, 1.82) is 0 Å². The van der Waals surface area contributed by atoms with Crippen LogP contribution in [0.2, 0.25) is 0 Å². The van der Waals surface area contributed by atoms with Crippen LogP contribution in [0.5, 0.6) is 0 Å². The second-order valence-corrected chi connectivity index (χ2v) is 7.67. The fourth-order valence-electron chi connectivity index (χ4n) is 3.28. The quantitative estimate of drug-likeness (QED) is 0.302. The van der Waals surface area contributed by atoms with Crippen LogP contribution in [0.4, 0.5) is 0 Å². The minimum Gasteiger partial charge on any atom is -0.222 e. The van der Waals surface area contributed by atoms with Gasteiger partial charge in [-0.2, -0.15) is 4.52 Å². The molecule has 0 atom stereocenters. The number of hydrogen-bond donors (Lipinski definition) is 0. The van der Waals surface area contributed by atoms with Gasteiger partial charge in [0, 0.05) is 16.7 Å². The van der Waals surface area contributed by atoms with E-state index in [-0.39, 0.29) is 0 Å². The van der Waals surface area contributed by atoms with E-state index < -0.39 is 0 Å². The standard InChI is InChI=1S/C23H18N4S/c1-16-8-7-9-17(14-16)15-28-23-24-20-13-6-5-12-19(20)22-25-21(26-27(22)23)18-10-3-2-4-11-18/h2-14H,15H2,1H3. The lowest BCUT2D eigenvalue weighted by atomic mass is 10.2. The van der Waals surface area contributed by atoms with Gasteiger partial charge in [0.1, 0.15) is 0 Å². The summed E-state index contributed by atoms with van der Waals surface area (Å²) in [6.07, 6.45) is 0. The summed E-state index contributed by atoms with van der Waals surface area (Å²) in [5.41, 5.74) is 5.33. The van der Waals surface area contributed by atoms with Gasteiger partial charge in [-0.1, -0.05) is 84.1 Å². The highest BCUT2D eigenvalue weighted by molar-refractivity contribution is 7.98. The molecule has 5 rings (SSSR count). The lowest BCUT2D eigenvalue weighted by molar-refractivity contribution is 0.811. The molecule has 0 N–H and O–H groups in total. The van der Waals surface area contributed by atoms with Crippen molar-refractivity contribution in [3.8, 4) is 11.4 Å². The molecule has 2 heterocycles. The highest BCUT2D eigenvalue weighted by Gasteiger charge is 2.14. The van der Waals surface area contributed by atoms with Gasteiger partial charge in [-0.25, -0.2) is 9.97 Å². The minimum atomic E-state index is 0.719. The van der Waals surface area contributed by atoms with Crippen LogP contribution in [0, 0.1) is 6.92 Å². The van der Waals surface area contributed by atoms with Crippen LogP contribution in [0.15, 0.2) is 84.0 Å². The van der Waals surface area contributed by atoms with Gasteiger partial charge in [0.15, 0.2) is 16.6 Å². The van der Waals surface area contributed by atoms with E-state index >= 15 is 0 Å². The molecule has 5 heteroatoms. The topological polar surface area (TPSA) is 43.1 Å². The SMILES string of the molecule is Cc1cccc(CSc2nc3ccccc3c3nc(-c4ccccc4)nn23)c1. The van der Waals surface area contributed by atoms with Crippen molar-refractivity contribution in [3.63, 3.8) is 0 Å². The third-order valence-electron chi connectivity index (χ3n) is 4.63. The summed E-state index contributed by atoms with van der Waals surface area (Å²) in [4.78, 5) is 9.71. The average molecular weight is 382 g/mol. The summed E-state index contributed by atoms with van der Waals surface area (Å²) >= 11 is 1.68. The molecule has 0 fully saturated rings. The van der Waals surface area contributed by atoms with Gasteiger partial charge < -0.3 is 0 Å². The van der Waals surface area contributed by atoms with Gasteiger partial charge in [0.05, 0.1) is 5.52 Å². The third-order valence-corrected chi connectivity index (χ3v) is 5.63. The van der Waals surface area contributed by atoms with Crippen LogP contribution < -0.4 is 0 Å². The predicted molar refractivity (Wildman–Crippen MR) is 114 cm³/mol. The molecule has 0 amide bonds. The summed E-state index contributed by atoms with van der Waals surface area (Å²) in [5, 5.41) is 6.65. The molecule has 5 aromatic rings. The Labute approximate surface area is 167 Å². The summed E-state index contributed by atoms with van der Waals surface area (Å²) in [5.74, 6) is 1.55. The Morgan fingerprint density at radius 3 is 2.54 bits per heavy atom.